The van der Waals surface area contributed by atoms with E-state index in [0.29, 0.717) is 23.7 Å². The average molecular weight is 280 g/mol. The zero-order valence-electron chi connectivity index (χ0n) is 12.3. The summed E-state index contributed by atoms with van der Waals surface area (Å²) in [5.74, 6) is 1.79. The predicted molar refractivity (Wildman–Crippen MR) is 73.7 cm³/mol. The van der Waals surface area contributed by atoms with Gasteiger partial charge in [0.2, 0.25) is 0 Å². The fourth-order valence-corrected chi connectivity index (χ4v) is 2.47. The van der Waals surface area contributed by atoms with Crippen LogP contribution in [0.3, 0.4) is 0 Å². The molecule has 1 aromatic rings. The Hall–Kier alpha value is -1.91. The van der Waals surface area contributed by atoms with Crippen molar-refractivity contribution in [3.8, 4) is 17.2 Å². The molecule has 0 atom stereocenters. The first kappa shape index (κ1) is 14.5. The van der Waals surface area contributed by atoms with Crippen LogP contribution in [0.1, 0.15) is 32.3 Å². The van der Waals surface area contributed by atoms with E-state index in [1.807, 2.05) is 0 Å². The first-order valence-electron chi connectivity index (χ1n) is 6.73. The van der Waals surface area contributed by atoms with Crippen LogP contribution in [-0.2, 0) is 11.2 Å². The lowest BCUT2D eigenvalue weighted by Gasteiger charge is -2.25. The number of rotatable bonds is 4. The summed E-state index contributed by atoms with van der Waals surface area (Å²) in [6.45, 7) is 4.17. The molecule has 2 rings (SSSR count). The fourth-order valence-electron chi connectivity index (χ4n) is 2.47. The second-order valence-electron chi connectivity index (χ2n) is 4.80. The van der Waals surface area contributed by atoms with Gasteiger partial charge in [-0.3, -0.25) is 0 Å². The zero-order chi connectivity index (χ0) is 14.8. The summed E-state index contributed by atoms with van der Waals surface area (Å²) in [7, 11) is 2.88. The Labute approximate surface area is 118 Å². The largest absolute Gasteiger partial charge is 0.513 e. The van der Waals surface area contributed by atoms with E-state index in [-0.39, 0.29) is 5.60 Å². The van der Waals surface area contributed by atoms with Crippen LogP contribution in [0, 0.1) is 0 Å². The van der Waals surface area contributed by atoms with E-state index in [9.17, 15) is 4.79 Å². The second-order valence-corrected chi connectivity index (χ2v) is 4.80. The average Bonchev–Trinajstić information content (AvgIpc) is 2.88. The molecular formula is C15H20O5. The summed E-state index contributed by atoms with van der Waals surface area (Å²) >= 11 is 0. The van der Waals surface area contributed by atoms with Gasteiger partial charge in [0, 0.05) is 12.0 Å². The molecule has 0 aliphatic carbocycles. The van der Waals surface area contributed by atoms with E-state index < -0.39 is 6.16 Å². The Bertz CT molecular complexity index is 505. The number of methoxy groups -OCH3 is 2. The first-order chi connectivity index (χ1) is 9.59. The highest BCUT2D eigenvalue weighted by Crippen LogP contribution is 2.48. The van der Waals surface area contributed by atoms with Crippen LogP contribution < -0.4 is 14.2 Å². The first-order valence-corrected chi connectivity index (χ1v) is 6.73. The number of benzene rings is 1. The van der Waals surface area contributed by atoms with Gasteiger partial charge in [0.05, 0.1) is 14.2 Å². The third-order valence-corrected chi connectivity index (χ3v) is 3.87. The molecule has 110 valence electrons. The third kappa shape index (κ3) is 2.40. The molecule has 0 unspecified atom stereocenters. The summed E-state index contributed by atoms with van der Waals surface area (Å²) in [5, 5.41) is 0. The van der Waals surface area contributed by atoms with Crippen molar-refractivity contribution in [3.05, 3.63) is 17.7 Å². The topological polar surface area (TPSA) is 54.0 Å². The second kappa shape index (κ2) is 5.61. The van der Waals surface area contributed by atoms with Gasteiger partial charge in [-0.1, -0.05) is 13.8 Å². The molecule has 0 bridgehead atoms. The molecular weight excluding hydrogens is 260 g/mol. The highest BCUT2D eigenvalue weighted by Gasteiger charge is 2.40. The lowest BCUT2D eigenvalue weighted by atomic mass is 9.91. The highest BCUT2D eigenvalue weighted by molar-refractivity contribution is 5.67. The molecule has 20 heavy (non-hydrogen) atoms. The SMILES string of the molecule is CCC1(CC)Cc2c(OC(=O)OC)ccc(OC)c2O1. The Morgan fingerprint density at radius 2 is 1.90 bits per heavy atom. The van der Waals surface area contributed by atoms with Gasteiger partial charge in [-0.15, -0.1) is 0 Å². The molecule has 0 aromatic heterocycles. The van der Waals surface area contributed by atoms with Gasteiger partial charge in [0.15, 0.2) is 11.5 Å². The summed E-state index contributed by atoms with van der Waals surface area (Å²) in [6, 6.07) is 3.44. The standard InChI is InChI=1S/C15H20O5/c1-5-15(6-2)9-10-11(19-14(16)18-4)7-8-12(17-3)13(10)20-15/h7-8H,5-6,9H2,1-4H3. The van der Waals surface area contributed by atoms with Crippen LogP contribution in [0.4, 0.5) is 4.79 Å². The minimum atomic E-state index is -0.733. The molecule has 5 nitrogen and oxygen atoms in total. The molecule has 0 amide bonds. The minimum Gasteiger partial charge on any atom is -0.493 e. The van der Waals surface area contributed by atoms with Crippen LogP contribution in [0.5, 0.6) is 17.2 Å². The number of hydrogen-bond donors (Lipinski definition) is 0. The predicted octanol–water partition coefficient (Wildman–Crippen LogP) is 3.33. The van der Waals surface area contributed by atoms with Crippen LogP contribution in [0.15, 0.2) is 12.1 Å². The van der Waals surface area contributed by atoms with Gasteiger partial charge in [0.1, 0.15) is 11.4 Å². The smallest absolute Gasteiger partial charge is 0.493 e. The van der Waals surface area contributed by atoms with Crippen molar-refractivity contribution in [1.29, 1.82) is 0 Å². The summed E-state index contributed by atoms with van der Waals surface area (Å²) in [6.07, 6.45) is 1.71. The molecule has 0 saturated heterocycles. The van der Waals surface area contributed by atoms with Crippen molar-refractivity contribution in [2.75, 3.05) is 14.2 Å². The van der Waals surface area contributed by atoms with E-state index in [1.165, 1.54) is 7.11 Å². The van der Waals surface area contributed by atoms with Crippen molar-refractivity contribution < 1.29 is 23.7 Å². The fraction of sp³-hybridized carbons (Fsp3) is 0.533. The van der Waals surface area contributed by atoms with Crippen molar-refractivity contribution in [1.82, 2.24) is 0 Å². The van der Waals surface area contributed by atoms with Gasteiger partial charge in [-0.2, -0.15) is 0 Å². The Kier molecular flexibility index (Phi) is 4.06. The van der Waals surface area contributed by atoms with Crippen molar-refractivity contribution in [3.63, 3.8) is 0 Å². The van der Waals surface area contributed by atoms with Crippen LogP contribution >= 0.6 is 0 Å². The highest BCUT2D eigenvalue weighted by atomic mass is 16.7. The Morgan fingerprint density at radius 3 is 2.45 bits per heavy atom. The van der Waals surface area contributed by atoms with E-state index in [4.69, 9.17) is 14.2 Å². The van der Waals surface area contributed by atoms with Gasteiger partial charge in [-0.25, -0.2) is 4.79 Å². The molecule has 0 saturated carbocycles. The van der Waals surface area contributed by atoms with Crippen LogP contribution in [-0.4, -0.2) is 26.0 Å². The lowest BCUT2D eigenvalue weighted by molar-refractivity contribution is 0.0827. The van der Waals surface area contributed by atoms with Crippen molar-refractivity contribution >= 4 is 6.16 Å². The maximum absolute atomic E-state index is 11.3. The third-order valence-electron chi connectivity index (χ3n) is 3.87. The van der Waals surface area contributed by atoms with Gasteiger partial charge < -0.3 is 18.9 Å². The number of carbonyl (C=O) groups is 1. The van der Waals surface area contributed by atoms with Crippen molar-refractivity contribution in [2.24, 2.45) is 0 Å². The minimum absolute atomic E-state index is 0.259. The van der Waals surface area contributed by atoms with Gasteiger partial charge in [-0.05, 0) is 25.0 Å². The number of ether oxygens (including phenoxy) is 4. The van der Waals surface area contributed by atoms with Gasteiger partial charge in [0.25, 0.3) is 0 Å². The summed E-state index contributed by atoms with van der Waals surface area (Å²) < 4.78 is 21.2. The molecule has 1 aliphatic rings. The summed E-state index contributed by atoms with van der Waals surface area (Å²) in [5.41, 5.74) is 0.601. The van der Waals surface area contributed by atoms with E-state index in [2.05, 4.69) is 18.6 Å². The molecule has 1 aromatic carbocycles. The molecule has 0 spiro atoms. The van der Waals surface area contributed by atoms with E-state index in [1.54, 1.807) is 19.2 Å². The molecule has 1 heterocycles. The molecule has 0 radical (unpaired) electrons. The van der Waals surface area contributed by atoms with Crippen LogP contribution in [0.25, 0.3) is 0 Å². The Morgan fingerprint density at radius 1 is 1.25 bits per heavy atom. The number of carbonyl (C=O) groups excluding carboxylic acids is 1. The lowest BCUT2D eigenvalue weighted by Crippen LogP contribution is -2.32. The van der Waals surface area contributed by atoms with E-state index >= 15 is 0 Å². The van der Waals surface area contributed by atoms with Crippen LogP contribution in [0.2, 0.25) is 0 Å². The Balaban J connectivity index is 2.42. The monoisotopic (exact) mass is 280 g/mol. The molecule has 0 N–H and O–H groups in total. The summed E-state index contributed by atoms with van der Waals surface area (Å²) in [4.78, 5) is 11.3. The van der Waals surface area contributed by atoms with Crippen molar-refractivity contribution in [2.45, 2.75) is 38.7 Å². The van der Waals surface area contributed by atoms with E-state index in [0.717, 1.165) is 18.4 Å². The zero-order valence-corrected chi connectivity index (χ0v) is 12.3. The molecule has 0 fully saturated rings. The maximum Gasteiger partial charge on any atom is 0.513 e. The molecule has 5 heteroatoms. The van der Waals surface area contributed by atoms with Gasteiger partial charge >= 0.3 is 6.16 Å². The molecule has 1 aliphatic heterocycles. The number of fused-ring (bicyclic) bond motifs is 1. The maximum atomic E-state index is 11.3. The normalized spacial score (nSPS) is 15.2. The number of hydrogen-bond acceptors (Lipinski definition) is 5. The quantitative estimate of drug-likeness (QED) is 0.625.